The molecule has 0 aliphatic heterocycles. The summed E-state index contributed by atoms with van der Waals surface area (Å²) in [4.78, 5) is 8.46. The van der Waals surface area contributed by atoms with Crippen LogP contribution in [0.4, 0.5) is 0 Å². The molecule has 0 spiro atoms. The summed E-state index contributed by atoms with van der Waals surface area (Å²) in [5, 5.41) is 6.91. The third-order valence-corrected chi connectivity index (χ3v) is 2.67. The zero-order chi connectivity index (χ0) is 11.5. The van der Waals surface area contributed by atoms with E-state index in [-0.39, 0.29) is 6.04 Å². The van der Waals surface area contributed by atoms with E-state index in [2.05, 4.69) is 36.4 Å². The molecule has 2 aromatic heterocycles. The summed E-state index contributed by atoms with van der Waals surface area (Å²) >= 11 is 3.32. The predicted molar refractivity (Wildman–Crippen MR) is 62.7 cm³/mol. The van der Waals surface area contributed by atoms with Crippen LogP contribution in [-0.4, -0.2) is 22.2 Å². The van der Waals surface area contributed by atoms with E-state index in [1.54, 1.807) is 6.20 Å². The van der Waals surface area contributed by atoms with Crippen LogP contribution >= 0.6 is 15.9 Å². The fourth-order valence-corrected chi connectivity index (χ4v) is 1.38. The van der Waals surface area contributed by atoms with Gasteiger partial charge < -0.3 is 9.84 Å². The zero-order valence-corrected chi connectivity index (χ0v) is 10.5. The maximum Gasteiger partial charge on any atom is 0.243 e. The van der Waals surface area contributed by atoms with E-state index in [0.29, 0.717) is 17.4 Å². The molecule has 2 heterocycles. The van der Waals surface area contributed by atoms with Gasteiger partial charge in [0, 0.05) is 10.7 Å². The molecule has 0 aliphatic carbocycles. The van der Waals surface area contributed by atoms with E-state index in [4.69, 9.17) is 4.52 Å². The van der Waals surface area contributed by atoms with Gasteiger partial charge in [-0.1, -0.05) is 5.16 Å². The lowest BCUT2D eigenvalue weighted by Crippen LogP contribution is -2.12. The fourth-order valence-electron chi connectivity index (χ4n) is 1.15. The van der Waals surface area contributed by atoms with Crippen molar-refractivity contribution in [3.05, 3.63) is 28.7 Å². The SMILES string of the molecule is CNC(C)c1nc(-c2ccc(Br)cn2)no1. The molecule has 1 N–H and O–H groups in total. The summed E-state index contributed by atoms with van der Waals surface area (Å²) in [6.45, 7) is 1.95. The van der Waals surface area contributed by atoms with Crippen LogP contribution < -0.4 is 5.32 Å². The van der Waals surface area contributed by atoms with Crippen molar-refractivity contribution in [3.63, 3.8) is 0 Å². The molecule has 1 unspecified atom stereocenters. The van der Waals surface area contributed by atoms with Crippen LogP contribution in [0.3, 0.4) is 0 Å². The minimum Gasteiger partial charge on any atom is -0.337 e. The van der Waals surface area contributed by atoms with Gasteiger partial charge in [0.2, 0.25) is 11.7 Å². The molecule has 5 nitrogen and oxygen atoms in total. The Kier molecular flexibility index (Phi) is 3.31. The molecular weight excluding hydrogens is 272 g/mol. The Morgan fingerprint density at radius 3 is 2.88 bits per heavy atom. The van der Waals surface area contributed by atoms with Crippen LogP contribution in [0.25, 0.3) is 11.5 Å². The van der Waals surface area contributed by atoms with Crippen molar-refractivity contribution in [1.82, 2.24) is 20.4 Å². The molecule has 1 atom stereocenters. The van der Waals surface area contributed by atoms with Crippen molar-refractivity contribution in [1.29, 1.82) is 0 Å². The maximum absolute atomic E-state index is 5.13. The molecule has 0 aliphatic rings. The second kappa shape index (κ2) is 4.71. The Morgan fingerprint density at radius 2 is 2.25 bits per heavy atom. The molecule has 16 heavy (non-hydrogen) atoms. The molecule has 0 saturated heterocycles. The molecule has 0 radical (unpaired) electrons. The van der Waals surface area contributed by atoms with Crippen molar-refractivity contribution in [2.24, 2.45) is 0 Å². The Balaban J connectivity index is 2.28. The highest BCUT2D eigenvalue weighted by Crippen LogP contribution is 2.18. The monoisotopic (exact) mass is 282 g/mol. The lowest BCUT2D eigenvalue weighted by atomic mass is 10.3. The minimum absolute atomic E-state index is 0.0386. The predicted octanol–water partition coefficient (Wildman–Crippen LogP) is 2.17. The fraction of sp³-hybridized carbons (Fsp3) is 0.300. The van der Waals surface area contributed by atoms with Gasteiger partial charge in [-0.2, -0.15) is 4.98 Å². The number of hydrogen-bond acceptors (Lipinski definition) is 5. The van der Waals surface area contributed by atoms with Gasteiger partial charge in [0.1, 0.15) is 5.69 Å². The second-order valence-corrected chi connectivity index (χ2v) is 4.24. The second-order valence-electron chi connectivity index (χ2n) is 3.33. The highest BCUT2D eigenvalue weighted by molar-refractivity contribution is 9.10. The number of nitrogens with zero attached hydrogens (tertiary/aromatic N) is 3. The van der Waals surface area contributed by atoms with Gasteiger partial charge in [0.25, 0.3) is 0 Å². The molecule has 6 heteroatoms. The molecule has 84 valence electrons. The first kappa shape index (κ1) is 11.2. The molecule has 0 saturated carbocycles. The first-order valence-electron chi connectivity index (χ1n) is 4.83. The first-order valence-corrected chi connectivity index (χ1v) is 5.63. The maximum atomic E-state index is 5.13. The molecule has 0 aromatic carbocycles. The van der Waals surface area contributed by atoms with Crippen LogP contribution in [0.2, 0.25) is 0 Å². The van der Waals surface area contributed by atoms with Gasteiger partial charge in [-0.25, -0.2) is 0 Å². The average Bonchev–Trinajstić information content (AvgIpc) is 2.78. The number of nitrogens with one attached hydrogen (secondary N) is 1. The Morgan fingerprint density at radius 1 is 1.44 bits per heavy atom. The van der Waals surface area contributed by atoms with Crippen LogP contribution in [0.1, 0.15) is 18.9 Å². The topological polar surface area (TPSA) is 63.8 Å². The molecule has 2 rings (SSSR count). The van der Waals surface area contributed by atoms with Crippen LogP contribution in [0.5, 0.6) is 0 Å². The highest BCUT2D eigenvalue weighted by atomic mass is 79.9. The van der Waals surface area contributed by atoms with Crippen LogP contribution in [-0.2, 0) is 0 Å². The van der Waals surface area contributed by atoms with Crippen molar-refractivity contribution in [3.8, 4) is 11.5 Å². The van der Waals surface area contributed by atoms with E-state index < -0.39 is 0 Å². The number of pyridine rings is 1. The number of aromatic nitrogens is 3. The summed E-state index contributed by atoms with van der Waals surface area (Å²) in [6, 6.07) is 3.76. The van der Waals surface area contributed by atoms with Crippen LogP contribution in [0.15, 0.2) is 27.3 Å². The Labute approximate surface area is 101 Å². The molecule has 0 amide bonds. The standard InChI is InChI=1S/C10H11BrN4O/c1-6(12-2)10-14-9(15-16-10)8-4-3-7(11)5-13-8/h3-6,12H,1-2H3. The number of rotatable bonds is 3. The van der Waals surface area contributed by atoms with E-state index in [1.807, 2.05) is 26.1 Å². The van der Waals surface area contributed by atoms with E-state index >= 15 is 0 Å². The quantitative estimate of drug-likeness (QED) is 0.935. The number of hydrogen-bond donors (Lipinski definition) is 1. The van der Waals surface area contributed by atoms with Gasteiger partial charge in [-0.05, 0) is 42.0 Å². The molecule has 2 aromatic rings. The molecule has 0 fully saturated rings. The largest absolute Gasteiger partial charge is 0.337 e. The Hall–Kier alpha value is -1.27. The van der Waals surface area contributed by atoms with Crippen molar-refractivity contribution in [2.75, 3.05) is 7.05 Å². The van der Waals surface area contributed by atoms with E-state index in [0.717, 1.165) is 4.47 Å². The lowest BCUT2D eigenvalue weighted by Gasteiger charge is -2.01. The highest BCUT2D eigenvalue weighted by Gasteiger charge is 2.13. The summed E-state index contributed by atoms with van der Waals surface area (Å²) in [5.41, 5.74) is 0.696. The lowest BCUT2D eigenvalue weighted by molar-refractivity contribution is 0.347. The van der Waals surface area contributed by atoms with Crippen molar-refractivity contribution >= 4 is 15.9 Å². The Bertz CT molecular complexity index is 468. The van der Waals surface area contributed by atoms with Crippen LogP contribution in [0, 0.1) is 0 Å². The van der Waals surface area contributed by atoms with Gasteiger partial charge in [-0.3, -0.25) is 4.98 Å². The van der Waals surface area contributed by atoms with Gasteiger partial charge in [0.05, 0.1) is 6.04 Å². The zero-order valence-electron chi connectivity index (χ0n) is 8.94. The first-order chi connectivity index (χ1) is 7.70. The van der Waals surface area contributed by atoms with Gasteiger partial charge in [-0.15, -0.1) is 0 Å². The third kappa shape index (κ3) is 2.28. The molecular formula is C10H11BrN4O. The molecule has 0 bridgehead atoms. The summed E-state index contributed by atoms with van der Waals surface area (Å²) < 4.78 is 6.05. The summed E-state index contributed by atoms with van der Waals surface area (Å²) in [5.74, 6) is 1.06. The number of halogens is 1. The van der Waals surface area contributed by atoms with E-state index in [1.165, 1.54) is 0 Å². The van der Waals surface area contributed by atoms with Crippen molar-refractivity contribution in [2.45, 2.75) is 13.0 Å². The third-order valence-electron chi connectivity index (χ3n) is 2.20. The summed E-state index contributed by atoms with van der Waals surface area (Å²) in [7, 11) is 1.84. The average molecular weight is 283 g/mol. The van der Waals surface area contributed by atoms with Gasteiger partial charge in [0.15, 0.2) is 0 Å². The normalized spacial score (nSPS) is 12.7. The minimum atomic E-state index is 0.0386. The smallest absolute Gasteiger partial charge is 0.243 e. The van der Waals surface area contributed by atoms with E-state index in [9.17, 15) is 0 Å². The summed E-state index contributed by atoms with van der Waals surface area (Å²) in [6.07, 6.45) is 1.70. The van der Waals surface area contributed by atoms with Gasteiger partial charge >= 0.3 is 0 Å². The van der Waals surface area contributed by atoms with Crippen molar-refractivity contribution < 1.29 is 4.52 Å².